The van der Waals surface area contributed by atoms with Gasteiger partial charge < -0.3 is 36.6 Å². The second-order valence-electron chi connectivity index (χ2n) is 12.5. The predicted molar refractivity (Wildman–Crippen MR) is 193 cm³/mol. The summed E-state index contributed by atoms with van der Waals surface area (Å²) in [6.07, 6.45) is 3.57. The van der Waals surface area contributed by atoms with Crippen LogP contribution in [-0.4, -0.2) is 71.2 Å². The minimum atomic E-state index is -0.657. The maximum Gasteiger partial charge on any atom is 0.262 e. The standard InChI is InChI=1S/C37H39N7O6S/c38-30(18-28-21-51-22-41-28)36(48)40-15-2-1-14-39-34(46)25-4-3-5-27(16-25)42-35(47)24-8-6-23(7-9-24)19-44(29-11-12-29)37(49)26-10-13-31-32(17-26)50-20-33(45)43-31/h3-10,13,16-17,21-22,29-30H,1-2,11-12,14-15,18-20,38H2,(H,39,46)(H,40,48)(H,42,47)(H,43,45)/t30-/m0/s1. The summed E-state index contributed by atoms with van der Waals surface area (Å²) in [5.74, 6) is -0.718. The van der Waals surface area contributed by atoms with E-state index in [0.29, 0.717) is 72.7 Å². The zero-order chi connectivity index (χ0) is 35.7. The molecule has 6 N–H and O–H groups in total. The molecule has 13 nitrogen and oxygen atoms in total. The van der Waals surface area contributed by atoms with Gasteiger partial charge in [-0.1, -0.05) is 18.2 Å². The lowest BCUT2D eigenvalue weighted by Gasteiger charge is -2.24. The molecule has 264 valence electrons. The number of carbonyl (C=O) groups excluding carboxylic acids is 5. The maximum absolute atomic E-state index is 13.5. The van der Waals surface area contributed by atoms with Gasteiger partial charge in [0.25, 0.3) is 23.6 Å². The quantitative estimate of drug-likeness (QED) is 0.116. The van der Waals surface area contributed by atoms with Crippen LogP contribution in [0, 0.1) is 0 Å². The average molecular weight is 710 g/mol. The first-order valence-electron chi connectivity index (χ1n) is 16.8. The van der Waals surface area contributed by atoms with Crippen molar-refractivity contribution in [2.45, 2.75) is 50.7 Å². The minimum Gasteiger partial charge on any atom is -0.482 e. The fourth-order valence-electron chi connectivity index (χ4n) is 5.58. The molecule has 2 heterocycles. The van der Waals surface area contributed by atoms with Gasteiger partial charge in [-0.15, -0.1) is 11.3 Å². The molecule has 0 saturated heterocycles. The molecule has 14 heteroatoms. The summed E-state index contributed by atoms with van der Waals surface area (Å²) in [4.78, 5) is 69.1. The highest BCUT2D eigenvalue weighted by atomic mass is 32.1. The number of anilines is 2. The number of aromatic nitrogens is 1. The first-order valence-corrected chi connectivity index (χ1v) is 17.7. The van der Waals surface area contributed by atoms with Gasteiger partial charge in [0.15, 0.2) is 6.61 Å². The molecule has 0 unspecified atom stereocenters. The van der Waals surface area contributed by atoms with Crippen LogP contribution >= 0.6 is 11.3 Å². The van der Waals surface area contributed by atoms with E-state index in [1.807, 2.05) is 22.4 Å². The van der Waals surface area contributed by atoms with E-state index in [0.717, 1.165) is 24.1 Å². The summed E-state index contributed by atoms with van der Waals surface area (Å²) >= 11 is 1.46. The van der Waals surface area contributed by atoms with Gasteiger partial charge in [-0.3, -0.25) is 24.0 Å². The second-order valence-corrected chi connectivity index (χ2v) is 13.2. The van der Waals surface area contributed by atoms with Gasteiger partial charge >= 0.3 is 0 Å². The number of nitrogens with two attached hydrogens (primary N) is 1. The SMILES string of the molecule is N[C@@H](Cc1cscn1)C(=O)NCCCCNC(=O)c1cccc(NC(=O)c2ccc(CN(C(=O)c3ccc4c(c3)OCC(=O)N4)C3CC3)cc2)c1. The number of ether oxygens (including phenoxy) is 1. The third-order valence-electron chi connectivity index (χ3n) is 8.50. The molecule has 1 saturated carbocycles. The van der Waals surface area contributed by atoms with Crippen molar-refractivity contribution in [1.29, 1.82) is 0 Å². The molecule has 2 aliphatic rings. The molecule has 0 radical (unpaired) electrons. The van der Waals surface area contributed by atoms with Crippen LogP contribution in [0.25, 0.3) is 0 Å². The molecule has 0 bridgehead atoms. The third-order valence-corrected chi connectivity index (χ3v) is 9.13. The van der Waals surface area contributed by atoms with E-state index >= 15 is 0 Å². The Labute approximate surface area is 299 Å². The van der Waals surface area contributed by atoms with E-state index in [-0.39, 0.29) is 42.2 Å². The normalized spacial score (nSPS) is 13.9. The van der Waals surface area contributed by atoms with Crippen LogP contribution in [0.15, 0.2) is 77.6 Å². The van der Waals surface area contributed by atoms with Gasteiger partial charge in [-0.2, -0.15) is 0 Å². The van der Waals surface area contributed by atoms with Crippen LogP contribution in [0.3, 0.4) is 0 Å². The van der Waals surface area contributed by atoms with Crippen LogP contribution < -0.4 is 31.7 Å². The largest absolute Gasteiger partial charge is 0.482 e. The van der Waals surface area contributed by atoms with E-state index in [9.17, 15) is 24.0 Å². The average Bonchev–Trinajstić information content (AvgIpc) is 3.86. The van der Waals surface area contributed by atoms with Gasteiger partial charge in [-0.05, 0) is 79.8 Å². The number of benzene rings is 3. The highest BCUT2D eigenvalue weighted by Crippen LogP contribution is 2.33. The zero-order valence-corrected chi connectivity index (χ0v) is 28.7. The van der Waals surface area contributed by atoms with Crippen molar-refractivity contribution in [2.24, 2.45) is 5.73 Å². The molecule has 5 amide bonds. The molecule has 1 atom stereocenters. The Morgan fingerprint density at radius 2 is 1.71 bits per heavy atom. The first kappa shape index (κ1) is 35.2. The number of hydrogen-bond acceptors (Lipinski definition) is 9. The number of carbonyl (C=O) groups is 5. The van der Waals surface area contributed by atoms with Gasteiger partial charge in [0.2, 0.25) is 5.91 Å². The Hall–Kier alpha value is -5.60. The van der Waals surface area contributed by atoms with Crippen molar-refractivity contribution in [2.75, 3.05) is 30.3 Å². The Bertz CT molecular complexity index is 1900. The van der Waals surface area contributed by atoms with Crippen LogP contribution in [0.1, 0.15) is 68.0 Å². The lowest BCUT2D eigenvalue weighted by molar-refractivity contribution is -0.122. The molecular formula is C37H39N7O6S. The summed E-state index contributed by atoms with van der Waals surface area (Å²) in [6.45, 7) is 1.17. The number of fused-ring (bicyclic) bond motifs is 1. The van der Waals surface area contributed by atoms with Gasteiger partial charge in [-0.25, -0.2) is 4.98 Å². The predicted octanol–water partition coefficient (Wildman–Crippen LogP) is 3.73. The summed E-state index contributed by atoms with van der Waals surface area (Å²) < 4.78 is 5.49. The Morgan fingerprint density at radius 3 is 2.45 bits per heavy atom. The third kappa shape index (κ3) is 9.55. The van der Waals surface area contributed by atoms with Crippen molar-refractivity contribution in [3.63, 3.8) is 0 Å². The van der Waals surface area contributed by atoms with Crippen molar-refractivity contribution < 1.29 is 28.7 Å². The lowest BCUT2D eigenvalue weighted by atomic mass is 10.1. The smallest absolute Gasteiger partial charge is 0.262 e. The van der Waals surface area contributed by atoms with Crippen LogP contribution in [0.2, 0.25) is 0 Å². The van der Waals surface area contributed by atoms with Crippen molar-refractivity contribution in [3.8, 4) is 5.75 Å². The van der Waals surface area contributed by atoms with Crippen LogP contribution in [0.5, 0.6) is 5.75 Å². The summed E-state index contributed by atoms with van der Waals surface area (Å²) in [6, 6.07) is 18.3. The number of amides is 5. The maximum atomic E-state index is 13.5. The highest BCUT2D eigenvalue weighted by Gasteiger charge is 2.33. The number of unbranched alkanes of at least 4 members (excludes halogenated alkanes) is 1. The van der Waals surface area contributed by atoms with Gasteiger partial charge in [0.05, 0.1) is 22.9 Å². The topological polar surface area (TPSA) is 185 Å². The summed E-state index contributed by atoms with van der Waals surface area (Å²) in [5.41, 5.74) is 11.7. The molecule has 4 aromatic rings. The van der Waals surface area contributed by atoms with E-state index in [1.54, 1.807) is 60.1 Å². The molecule has 1 aliphatic heterocycles. The molecule has 1 fully saturated rings. The highest BCUT2D eigenvalue weighted by molar-refractivity contribution is 7.07. The lowest BCUT2D eigenvalue weighted by Crippen LogP contribution is -2.42. The van der Waals surface area contributed by atoms with Gasteiger partial charge in [0.1, 0.15) is 5.75 Å². The molecule has 1 aromatic heterocycles. The molecular weight excluding hydrogens is 671 g/mol. The number of nitrogens with zero attached hydrogens (tertiary/aromatic N) is 2. The number of rotatable bonds is 15. The fraction of sp³-hybridized carbons (Fsp3) is 0.297. The van der Waals surface area contributed by atoms with E-state index < -0.39 is 6.04 Å². The van der Waals surface area contributed by atoms with Crippen LogP contribution in [0.4, 0.5) is 11.4 Å². The minimum absolute atomic E-state index is 0.0886. The Kier molecular flexibility index (Phi) is 11.3. The Morgan fingerprint density at radius 1 is 0.941 bits per heavy atom. The molecule has 0 spiro atoms. The first-order chi connectivity index (χ1) is 24.7. The molecule has 3 aromatic carbocycles. The van der Waals surface area contributed by atoms with Crippen molar-refractivity contribution >= 4 is 52.2 Å². The second kappa shape index (κ2) is 16.4. The number of thiazole rings is 1. The monoisotopic (exact) mass is 709 g/mol. The van der Waals surface area contributed by atoms with E-state index in [1.165, 1.54) is 11.3 Å². The van der Waals surface area contributed by atoms with Gasteiger partial charge in [0, 0.05) is 59.9 Å². The summed E-state index contributed by atoms with van der Waals surface area (Å²) in [5, 5.41) is 13.2. The zero-order valence-electron chi connectivity index (χ0n) is 27.9. The van der Waals surface area contributed by atoms with Crippen molar-refractivity contribution in [1.82, 2.24) is 20.5 Å². The number of hydrogen-bond donors (Lipinski definition) is 5. The molecule has 51 heavy (non-hydrogen) atoms. The van der Waals surface area contributed by atoms with Crippen LogP contribution in [-0.2, 0) is 22.6 Å². The van der Waals surface area contributed by atoms with E-state index in [2.05, 4.69) is 26.3 Å². The molecule has 1 aliphatic carbocycles. The van der Waals surface area contributed by atoms with Crippen molar-refractivity contribution in [3.05, 3.63) is 106 Å². The van der Waals surface area contributed by atoms with E-state index in [4.69, 9.17) is 10.5 Å². The molecule has 6 rings (SSSR count). The number of nitrogens with one attached hydrogen (secondary N) is 4. The summed E-state index contributed by atoms with van der Waals surface area (Å²) in [7, 11) is 0. The fourth-order valence-corrected chi connectivity index (χ4v) is 6.15. The Balaban J connectivity index is 0.948.